The van der Waals surface area contributed by atoms with Crippen LogP contribution in [-0.4, -0.2) is 5.78 Å². The van der Waals surface area contributed by atoms with E-state index in [0.717, 1.165) is 5.56 Å². The molecule has 0 N–H and O–H groups in total. The van der Waals surface area contributed by atoms with E-state index in [-0.39, 0.29) is 5.78 Å². The predicted octanol–water partition coefficient (Wildman–Crippen LogP) is 4.18. The molecule has 2 rings (SSSR count). The molecule has 5 heteroatoms. The number of carbonyl (C=O) groups is 1. The molecule has 0 amide bonds. The van der Waals surface area contributed by atoms with Crippen LogP contribution in [0.3, 0.4) is 0 Å². The Labute approximate surface area is 104 Å². The van der Waals surface area contributed by atoms with Gasteiger partial charge in [-0.3, -0.25) is 4.79 Å². The minimum atomic E-state index is 0.0169. The average molecular weight is 306 g/mol. The van der Waals surface area contributed by atoms with E-state index < -0.39 is 0 Å². The number of furan rings is 1. The van der Waals surface area contributed by atoms with Crippen LogP contribution in [0.5, 0.6) is 0 Å². The van der Waals surface area contributed by atoms with Crippen molar-refractivity contribution in [2.24, 2.45) is 0 Å². The molecule has 0 aliphatic carbocycles. The minimum absolute atomic E-state index is 0.0169. The highest BCUT2D eigenvalue weighted by molar-refractivity contribution is 9.10. The zero-order valence-electron chi connectivity index (χ0n) is 7.50. The van der Waals surface area contributed by atoms with Gasteiger partial charge in [0.25, 0.3) is 0 Å². The highest BCUT2D eigenvalue weighted by atomic mass is 79.9. The fourth-order valence-electron chi connectivity index (χ4n) is 1.20. The molecule has 0 bridgehead atoms. The van der Waals surface area contributed by atoms with Crippen molar-refractivity contribution in [3.05, 3.63) is 43.9 Å². The Morgan fingerprint density at radius 3 is 2.93 bits per heavy atom. The number of halogens is 2. The zero-order valence-corrected chi connectivity index (χ0v) is 10.7. The molecule has 0 aliphatic heterocycles. The molecule has 0 saturated heterocycles. The normalized spacial score (nSPS) is 10.5. The lowest BCUT2D eigenvalue weighted by Crippen LogP contribution is -2.00. The van der Waals surface area contributed by atoms with E-state index in [1.807, 2.05) is 0 Å². The molecule has 0 spiro atoms. The Kier molecular flexibility index (Phi) is 3.29. The number of rotatable bonds is 3. The molecule has 2 aromatic heterocycles. The van der Waals surface area contributed by atoms with Crippen LogP contribution >= 0.6 is 38.9 Å². The predicted molar refractivity (Wildman–Crippen MR) is 63.8 cm³/mol. The molecule has 2 nitrogen and oxygen atoms in total. The molecule has 15 heavy (non-hydrogen) atoms. The van der Waals surface area contributed by atoms with Gasteiger partial charge < -0.3 is 4.42 Å². The summed E-state index contributed by atoms with van der Waals surface area (Å²) in [5.74, 6) is 0.0169. The summed E-state index contributed by atoms with van der Waals surface area (Å²) in [7, 11) is 0. The molecule has 78 valence electrons. The monoisotopic (exact) mass is 304 g/mol. The summed E-state index contributed by atoms with van der Waals surface area (Å²) in [6, 6.07) is 3.50. The summed E-state index contributed by atoms with van der Waals surface area (Å²) in [5, 5.41) is 2.33. The van der Waals surface area contributed by atoms with E-state index in [4.69, 9.17) is 16.0 Å². The quantitative estimate of drug-likeness (QED) is 0.796. The van der Waals surface area contributed by atoms with Crippen LogP contribution in [0.1, 0.15) is 15.2 Å². The van der Waals surface area contributed by atoms with Crippen molar-refractivity contribution in [2.45, 2.75) is 6.42 Å². The van der Waals surface area contributed by atoms with Crippen LogP contribution in [0.15, 0.2) is 32.9 Å². The summed E-state index contributed by atoms with van der Waals surface area (Å²) < 4.78 is 5.68. The van der Waals surface area contributed by atoms with Crippen molar-refractivity contribution >= 4 is 44.7 Å². The highest BCUT2D eigenvalue weighted by Gasteiger charge is 2.13. The maximum Gasteiger partial charge on any atom is 0.178 e. The maximum atomic E-state index is 11.8. The van der Waals surface area contributed by atoms with Crippen molar-refractivity contribution in [1.82, 2.24) is 0 Å². The van der Waals surface area contributed by atoms with Gasteiger partial charge in [0.15, 0.2) is 10.5 Å². The maximum absolute atomic E-state index is 11.8. The fraction of sp³-hybridized carbons (Fsp3) is 0.100. The Balaban J connectivity index is 2.14. The number of carbonyl (C=O) groups excluding carboxylic acids is 1. The summed E-state index contributed by atoms with van der Waals surface area (Å²) in [6.45, 7) is 0. The standard InChI is InChI=1S/C10H6BrClO2S/c11-9-4-6(5-14-9)3-8(13)10-7(12)1-2-15-10/h1-2,4-5H,3H2. The van der Waals surface area contributed by atoms with E-state index in [1.54, 1.807) is 23.8 Å². The smallest absolute Gasteiger partial charge is 0.178 e. The van der Waals surface area contributed by atoms with Gasteiger partial charge in [-0.1, -0.05) is 11.6 Å². The summed E-state index contributed by atoms with van der Waals surface area (Å²) in [5.41, 5.74) is 0.844. The zero-order chi connectivity index (χ0) is 10.8. The number of hydrogen-bond donors (Lipinski definition) is 0. The van der Waals surface area contributed by atoms with Gasteiger partial charge in [0, 0.05) is 6.42 Å². The van der Waals surface area contributed by atoms with Crippen molar-refractivity contribution in [3.8, 4) is 0 Å². The largest absolute Gasteiger partial charge is 0.457 e. The third-order valence-electron chi connectivity index (χ3n) is 1.86. The molecule has 0 aromatic carbocycles. The third kappa shape index (κ3) is 2.51. The molecule has 0 atom stereocenters. The first-order valence-electron chi connectivity index (χ1n) is 4.16. The number of Topliss-reactive ketones (excluding diaryl/α,β-unsaturated/α-hetero) is 1. The lowest BCUT2D eigenvalue weighted by atomic mass is 10.1. The van der Waals surface area contributed by atoms with Gasteiger partial charge in [0.2, 0.25) is 0 Å². The molecule has 2 aromatic rings. The Hall–Kier alpha value is -0.580. The topological polar surface area (TPSA) is 30.2 Å². The van der Waals surface area contributed by atoms with Crippen LogP contribution in [-0.2, 0) is 6.42 Å². The van der Waals surface area contributed by atoms with Gasteiger partial charge >= 0.3 is 0 Å². The lowest BCUT2D eigenvalue weighted by Gasteiger charge is -1.95. The number of hydrogen-bond acceptors (Lipinski definition) is 3. The van der Waals surface area contributed by atoms with E-state index in [0.29, 0.717) is 21.0 Å². The second-order valence-corrected chi connectivity index (χ2v) is 5.06. The first-order chi connectivity index (χ1) is 7.16. The first-order valence-corrected chi connectivity index (χ1v) is 6.21. The van der Waals surface area contributed by atoms with Gasteiger partial charge in [-0.15, -0.1) is 11.3 Å². The van der Waals surface area contributed by atoms with Gasteiger partial charge in [0.1, 0.15) is 0 Å². The molecule has 0 fully saturated rings. The molecule has 0 unspecified atom stereocenters. The van der Waals surface area contributed by atoms with Crippen LogP contribution in [0.4, 0.5) is 0 Å². The first kappa shape index (κ1) is 10.9. The van der Waals surface area contributed by atoms with Gasteiger partial charge in [-0.05, 0) is 39.0 Å². The summed E-state index contributed by atoms with van der Waals surface area (Å²) in [4.78, 5) is 12.4. The second kappa shape index (κ2) is 4.51. The van der Waals surface area contributed by atoms with Crippen LogP contribution in [0.2, 0.25) is 5.02 Å². The molecule has 2 heterocycles. The number of ketones is 1. The van der Waals surface area contributed by atoms with Gasteiger partial charge in [-0.25, -0.2) is 0 Å². The SMILES string of the molecule is O=C(Cc1coc(Br)c1)c1sccc1Cl. The molecule has 0 aliphatic rings. The summed E-state index contributed by atoms with van der Waals surface area (Å²) >= 11 is 10.4. The van der Waals surface area contributed by atoms with E-state index in [1.165, 1.54) is 11.3 Å². The average Bonchev–Trinajstić information content (AvgIpc) is 2.75. The third-order valence-corrected chi connectivity index (χ3v) is 3.66. The molecular weight excluding hydrogens is 300 g/mol. The minimum Gasteiger partial charge on any atom is -0.457 e. The molecular formula is C10H6BrClO2S. The Morgan fingerprint density at radius 2 is 2.40 bits per heavy atom. The van der Waals surface area contributed by atoms with Crippen LogP contribution in [0, 0.1) is 0 Å². The van der Waals surface area contributed by atoms with Crippen molar-refractivity contribution in [1.29, 1.82) is 0 Å². The molecule has 0 radical (unpaired) electrons. The van der Waals surface area contributed by atoms with E-state index in [2.05, 4.69) is 15.9 Å². The van der Waals surface area contributed by atoms with Crippen molar-refractivity contribution in [3.63, 3.8) is 0 Å². The number of thiophene rings is 1. The van der Waals surface area contributed by atoms with Gasteiger partial charge in [-0.2, -0.15) is 0 Å². The van der Waals surface area contributed by atoms with Crippen LogP contribution < -0.4 is 0 Å². The van der Waals surface area contributed by atoms with Crippen LogP contribution in [0.25, 0.3) is 0 Å². The van der Waals surface area contributed by atoms with E-state index in [9.17, 15) is 4.79 Å². The van der Waals surface area contributed by atoms with E-state index >= 15 is 0 Å². The van der Waals surface area contributed by atoms with Crippen molar-refractivity contribution < 1.29 is 9.21 Å². The Bertz CT molecular complexity index is 489. The highest BCUT2D eigenvalue weighted by Crippen LogP contribution is 2.24. The molecule has 0 saturated carbocycles. The lowest BCUT2D eigenvalue weighted by molar-refractivity contribution is 0.0997. The second-order valence-electron chi connectivity index (χ2n) is 2.96. The van der Waals surface area contributed by atoms with Crippen molar-refractivity contribution in [2.75, 3.05) is 0 Å². The Morgan fingerprint density at radius 1 is 1.60 bits per heavy atom. The van der Waals surface area contributed by atoms with Gasteiger partial charge in [0.05, 0.1) is 16.2 Å². The summed E-state index contributed by atoms with van der Waals surface area (Å²) in [6.07, 6.45) is 1.87. The fourth-order valence-corrected chi connectivity index (χ4v) is 2.69.